The van der Waals surface area contributed by atoms with Gasteiger partial charge in [0.25, 0.3) is 0 Å². The first-order valence-corrected chi connectivity index (χ1v) is 6.29. The normalized spacial score (nSPS) is 13.9. The van der Waals surface area contributed by atoms with Crippen LogP contribution in [0.5, 0.6) is 0 Å². The molecule has 1 unspecified atom stereocenters. The monoisotopic (exact) mass is 240 g/mol. The molecule has 14 heavy (non-hydrogen) atoms. The molecule has 0 spiro atoms. The Morgan fingerprint density at radius 1 is 1.64 bits per heavy atom. The van der Waals surface area contributed by atoms with Crippen molar-refractivity contribution in [1.82, 2.24) is 4.72 Å². The molecule has 0 saturated heterocycles. The number of thiocarbonyl (C=S) groups is 1. The average Bonchev–Trinajstić information content (AvgIpc) is 1.96. The second kappa shape index (κ2) is 6.28. The van der Waals surface area contributed by atoms with Crippen LogP contribution in [0.4, 0.5) is 0 Å². The van der Waals surface area contributed by atoms with E-state index in [-0.39, 0.29) is 16.8 Å². The zero-order valence-electron chi connectivity index (χ0n) is 8.32. The lowest BCUT2D eigenvalue weighted by atomic mass is 10.4. The van der Waals surface area contributed by atoms with E-state index in [0.29, 0.717) is 13.2 Å². The van der Waals surface area contributed by atoms with Gasteiger partial charge in [-0.3, -0.25) is 0 Å². The third kappa shape index (κ3) is 7.19. The van der Waals surface area contributed by atoms with Crippen molar-refractivity contribution in [2.75, 3.05) is 19.0 Å². The number of rotatable bonds is 7. The summed E-state index contributed by atoms with van der Waals surface area (Å²) in [6, 6.07) is -0.269. The van der Waals surface area contributed by atoms with Crippen LogP contribution < -0.4 is 10.5 Å². The van der Waals surface area contributed by atoms with Crippen molar-refractivity contribution in [3.8, 4) is 0 Å². The van der Waals surface area contributed by atoms with E-state index in [1.807, 2.05) is 6.92 Å². The fourth-order valence-corrected chi connectivity index (χ4v) is 2.47. The summed E-state index contributed by atoms with van der Waals surface area (Å²) in [4.78, 5) is -0.0406. The van der Waals surface area contributed by atoms with Crippen molar-refractivity contribution in [3.63, 3.8) is 0 Å². The van der Waals surface area contributed by atoms with Crippen LogP contribution in [0.1, 0.15) is 13.8 Å². The van der Waals surface area contributed by atoms with Crippen LogP contribution >= 0.6 is 12.2 Å². The molecule has 0 aromatic carbocycles. The standard InChI is InChI=1S/C7H16N2O3S2/c1-3-12-4-6(2)9-14(10,11)5-7(8)13/h6,9H,3-5H2,1-2H3,(H2,8,13). The Hall–Kier alpha value is -0.240. The summed E-state index contributed by atoms with van der Waals surface area (Å²) >= 11 is 4.51. The number of ether oxygens (including phenoxy) is 1. The molecule has 0 aliphatic carbocycles. The number of hydrogen-bond acceptors (Lipinski definition) is 4. The molecule has 0 saturated carbocycles. The predicted octanol–water partition coefficient (Wildman–Crippen LogP) is -0.383. The summed E-state index contributed by atoms with van der Waals surface area (Å²) in [5.74, 6) is -0.321. The SMILES string of the molecule is CCOCC(C)NS(=O)(=O)CC(N)=S. The van der Waals surface area contributed by atoms with Crippen LogP contribution in [0, 0.1) is 0 Å². The first kappa shape index (κ1) is 13.8. The van der Waals surface area contributed by atoms with Crippen molar-refractivity contribution in [2.45, 2.75) is 19.9 Å². The topological polar surface area (TPSA) is 81.4 Å². The molecular formula is C7H16N2O3S2. The number of nitrogens with one attached hydrogen (secondary N) is 1. The van der Waals surface area contributed by atoms with Crippen LogP contribution in [-0.2, 0) is 14.8 Å². The van der Waals surface area contributed by atoms with Gasteiger partial charge in [0, 0.05) is 12.6 Å². The Kier molecular flexibility index (Phi) is 6.17. The van der Waals surface area contributed by atoms with Crippen LogP contribution in [-0.4, -0.2) is 38.4 Å². The van der Waals surface area contributed by atoms with Gasteiger partial charge in [-0.2, -0.15) is 0 Å². The number of nitrogens with two attached hydrogens (primary N) is 1. The molecule has 0 rings (SSSR count). The molecule has 0 aromatic rings. The molecule has 0 radical (unpaired) electrons. The Bertz CT molecular complexity index is 277. The molecular weight excluding hydrogens is 224 g/mol. The Morgan fingerprint density at radius 2 is 2.21 bits per heavy atom. The highest BCUT2D eigenvalue weighted by Crippen LogP contribution is 1.91. The number of sulfonamides is 1. The van der Waals surface area contributed by atoms with E-state index in [9.17, 15) is 8.42 Å². The lowest BCUT2D eigenvalue weighted by Gasteiger charge is -2.13. The Labute approximate surface area is 90.1 Å². The van der Waals surface area contributed by atoms with Crippen molar-refractivity contribution in [3.05, 3.63) is 0 Å². The van der Waals surface area contributed by atoms with Gasteiger partial charge in [0.2, 0.25) is 10.0 Å². The van der Waals surface area contributed by atoms with Crippen LogP contribution in [0.25, 0.3) is 0 Å². The zero-order chi connectivity index (χ0) is 11.2. The minimum absolute atomic E-state index is 0.0406. The summed E-state index contributed by atoms with van der Waals surface area (Å²) in [5, 5.41) is 0. The summed E-state index contributed by atoms with van der Waals surface area (Å²) in [5.41, 5.74) is 5.14. The van der Waals surface area contributed by atoms with Gasteiger partial charge in [0.1, 0.15) is 5.75 Å². The third-order valence-corrected chi connectivity index (χ3v) is 3.06. The maximum absolute atomic E-state index is 11.3. The molecule has 0 heterocycles. The van der Waals surface area contributed by atoms with Crippen molar-refractivity contribution in [1.29, 1.82) is 0 Å². The highest BCUT2D eigenvalue weighted by Gasteiger charge is 2.15. The zero-order valence-corrected chi connectivity index (χ0v) is 9.95. The maximum Gasteiger partial charge on any atom is 0.218 e. The van der Waals surface area contributed by atoms with Crippen molar-refractivity contribution >= 4 is 27.2 Å². The maximum atomic E-state index is 11.3. The van der Waals surface area contributed by atoms with E-state index in [4.69, 9.17) is 10.5 Å². The van der Waals surface area contributed by atoms with E-state index in [1.54, 1.807) is 6.92 Å². The van der Waals surface area contributed by atoms with Gasteiger partial charge in [-0.15, -0.1) is 0 Å². The highest BCUT2D eigenvalue weighted by atomic mass is 32.2. The van der Waals surface area contributed by atoms with Crippen LogP contribution in [0.2, 0.25) is 0 Å². The first-order chi connectivity index (χ1) is 6.37. The van der Waals surface area contributed by atoms with Gasteiger partial charge in [-0.25, -0.2) is 13.1 Å². The fraction of sp³-hybridized carbons (Fsp3) is 0.857. The minimum Gasteiger partial charge on any atom is -0.392 e. The summed E-state index contributed by atoms with van der Waals surface area (Å²) in [7, 11) is -3.41. The molecule has 84 valence electrons. The fourth-order valence-electron chi connectivity index (χ4n) is 0.864. The van der Waals surface area contributed by atoms with Crippen LogP contribution in [0.3, 0.4) is 0 Å². The van der Waals surface area contributed by atoms with Gasteiger partial charge in [0.05, 0.1) is 11.6 Å². The molecule has 0 fully saturated rings. The Morgan fingerprint density at radius 3 is 2.64 bits per heavy atom. The third-order valence-electron chi connectivity index (χ3n) is 1.28. The molecule has 0 aromatic heterocycles. The van der Waals surface area contributed by atoms with Gasteiger partial charge in [0.15, 0.2) is 0 Å². The molecule has 1 atom stereocenters. The predicted molar refractivity (Wildman–Crippen MR) is 59.7 cm³/mol. The molecule has 0 amide bonds. The second-order valence-electron chi connectivity index (χ2n) is 2.90. The molecule has 0 aliphatic rings. The van der Waals surface area contributed by atoms with Crippen molar-refractivity contribution in [2.24, 2.45) is 5.73 Å². The molecule has 7 heteroatoms. The lowest BCUT2D eigenvalue weighted by Crippen LogP contribution is -2.40. The second-order valence-corrected chi connectivity index (χ2v) is 5.18. The lowest BCUT2D eigenvalue weighted by molar-refractivity contribution is 0.133. The van der Waals surface area contributed by atoms with Crippen molar-refractivity contribution < 1.29 is 13.2 Å². The quantitative estimate of drug-likeness (QED) is 0.593. The molecule has 0 bridgehead atoms. The van der Waals surface area contributed by atoms with E-state index in [1.165, 1.54) is 0 Å². The summed E-state index contributed by atoms with van der Waals surface area (Å²) in [6.45, 7) is 4.46. The van der Waals surface area contributed by atoms with E-state index >= 15 is 0 Å². The minimum atomic E-state index is -3.41. The smallest absolute Gasteiger partial charge is 0.218 e. The van der Waals surface area contributed by atoms with E-state index in [2.05, 4.69) is 16.9 Å². The van der Waals surface area contributed by atoms with Crippen LogP contribution in [0.15, 0.2) is 0 Å². The summed E-state index contributed by atoms with van der Waals surface area (Å²) < 4.78 is 30.0. The Balaban J connectivity index is 4.02. The molecule has 5 nitrogen and oxygen atoms in total. The highest BCUT2D eigenvalue weighted by molar-refractivity contribution is 7.92. The first-order valence-electron chi connectivity index (χ1n) is 4.23. The number of hydrogen-bond donors (Lipinski definition) is 2. The molecule has 0 aliphatic heterocycles. The van der Waals surface area contributed by atoms with E-state index in [0.717, 1.165) is 0 Å². The summed E-state index contributed by atoms with van der Waals surface area (Å²) in [6.07, 6.45) is 0. The van der Waals surface area contributed by atoms with Gasteiger partial charge in [-0.1, -0.05) is 12.2 Å². The molecule has 3 N–H and O–H groups in total. The van der Waals surface area contributed by atoms with Gasteiger partial charge in [-0.05, 0) is 13.8 Å². The average molecular weight is 240 g/mol. The van der Waals surface area contributed by atoms with E-state index < -0.39 is 10.0 Å². The van der Waals surface area contributed by atoms with Gasteiger partial charge < -0.3 is 10.5 Å². The van der Waals surface area contributed by atoms with Gasteiger partial charge >= 0.3 is 0 Å². The largest absolute Gasteiger partial charge is 0.392 e.